The molecule has 5 heteroatoms. The Morgan fingerprint density at radius 2 is 2.00 bits per heavy atom. The normalized spacial score (nSPS) is 11.0. The first kappa shape index (κ1) is 16.1. The second-order valence-electron chi connectivity index (χ2n) is 4.83. The van der Waals surface area contributed by atoms with Crippen molar-refractivity contribution in [2.45, 2.75) is 13.3 Å². The number of aliphatic hydroxyl groups is 1. The lowest BCUT2D eigenvalue weighted by Crippen LogP contribution is -2.22. The van der Waals surface area contributed by atoms with Crippen LogP contribution in [0.1, 0.15) is 10.6 Å². The molecule has 1 aromatic carbocycles. The molecule has 1 aromatic heterocycles. The minimum Gasteiger partial charge on any atom is -0.394 e. The van der Waals surface area contributed by atoms with E-state index in [4.69, 9.17) is 9.84 Å². The molecule has 114 valence electrons. The van der Waals surface area contributed by atoms with Crippen LogP contribution in [-0.2, 0) is 11.2 Å². The first-order chi connectivity index (χ1) is 10.3. The number of hydrogen-bond donors (Lipinski definition) is 2. The molecule has 2 rings (SSSR count). The van der Waals surface area contributed by atoms with Crippen molar-refractivity contribution in [1.82, 2.24) is 10.3 Å². The molecule has 0 unspecified atom stereocenters. The van der Waals surface area contributed by atoms with E-state index >= 15 is 0 Å². The Hall–Kier alpha value is -1.27. The molecule has 0 saturated heterocycles. The lowest BCUT2D eigenvalue weighted by atomic mass is 10.1. The third kappa shape index (κ3) is 5.55. The molecule has 0 radical (unpaired) electrons. The summed E-state index contributed by atoms with van der Waals surface area (Å²) < 4.78 is 5.18. The van der Waals surface area contributed by atoms with E-state index in [1.54, 1.807) is 11.3 Å². The zero-order valence-electron chi connectivity index (χ0n) is 12.3. The molecule has 2 N–H and O–H groups in total. The maximum absolute atomic E-state index is 8.58. The Bertz CT molecular complexity index is 525. The fourth-order valence-corrected chi connectivity index (χ4v) is 2.72. The quantitative estimate of drug-likeness (QED) is 0.698. The van der Waals surface area contributed by atoms with Crippen molar-refractivity contribution < 1.29 is 9.84 Å². The second-order valence-corrected chi connectivity index (χ2v) is 5.77. The predicted octanol–water partition coefficient (Wildman–Crippen LogP) is 2.26. The fraction of sp³-hybridized carbons (Fsp3) is 0.438. The third-order valence-electron chi connectivity index (χ3n) is 3.07. The zero-order valence-corrected chi connectivity index (χ0v) is 13.2. The van der Waals surface area contributed by atoms with Gasteiger partial charge in [0.1, 0.15) is 0 Å². The summed E-state index contributed by atoms with van der Waals surface area (Å²) in [6, 6.07) is 8.46. The summed E-state index contributed by atoms with van der Waals surface area (Å²) in [4.78, 5) is 4.67. The van der Waals surface area contributed by atoms with Crippen molar-refractivity contribution in [2.75, 3.05) is 32.9 Å². The first-order valence-corrected chi connectivity index (χ1v) is 8.08. The molecule has 0 fully saturated rings. The Kier molecular flexibility index (Phi) is 6.82. The molecule has 2 aromatic rings. The van der Waals surface area contributed by atoms with E-state index in [1.807, 2.05) is 0 Å². The summed E-state index contributed by atoms with van der Waals surface area (Å²) in [5, 5.41) is 15.1. The van der Waals surface area contributed by atoms with E-state index in [1.165, 1.54) is 11.1 Å². The number of nitrogens with one attached hydrogen (secondary N) is 1. The lowest BCUT2D eigenvalue weighted by Gasteiger charge is -2.03. The number of aromatic nitrogens is 1. The molecule has 21 heavy (non-hydrogen) atoms. The zero-order chi connectivity index (χ0) is 14.9. The van der Waals surface area contributed by atoms with E-state index in [0.29, 0.717) is 13.2 Å². The van der Waals surface area contributed by atoms with Gasteiger partial charge in [-0.15, -0.1) is 11.3 Å². The second kappa shape index (κ2) is 8.89. The largest absolute Gasteiger partial charge is 0.394 e. The van der Waals surface area contributed by atoms with Crippen molar-refractivity contribution >= 4 is 11.3 Å². The fourth-order valence-electron chi connectivity index (χ4n) is 1.91. The van der Waals surface area contributed by atoms with Gasteiger partial charge in [-0.05, 0) is 6.92 Å². The van der Waals surface area contributed by atoms with Gasteiger partial charge in [-0.3, -0.25) is 0 Å². The maximum Gasteiger partial charge on any atom is 0.0945 e. The molecular formula is C16H22N2O2S. The molecule has 0 aliphatic heterocycles. The molecule has 0 aliphatic rings. The van der Waals surface area contributed by atoms with Gasteiger partial charge in [0.15, 0.2) is 0 Å². The molecule has 1 heterocycles. The molecule has 0 atom stereocenters. The number of nitrogens with zero attached hydrogens (tertiary/aromatic N) is 1. The van der Waals surface area contributed by atoms with Crippen LogP contribution in [0.5, 0.6) is 0 Å². The molecule has 0 amide bonds. The average molecular weight is 306 g/mol. The Labute approximate surface area is 129 Å². The maximum atomic E-state index is 8.58. The van der Waals surface area contributed by atoms with Crippen LogP contribution < -0.4 is 5.32 Å². The van der Waals surface area contributed by atoms with Crippen LogP contribution in [0.25, 0.3) is 11.3 Å². The molecule has 0 bridgehead atoms. The predicted molar refractivity (Wildman–Crippen MR) is 86.8 cm³/mol. The number of ether oxygens (including phenoxy) is 1. The van der Waals surface area contributed by atoms with Gasteiger partial charge >= 0.3 is 0 Å². The van der Waals surface area contributed by atoms with Crippen LogP contribution in [0.3, 0.4) is 0 Å². The number of rotatable bonds is 9. The first-order valence-electron chi connectivity index (χ1n) is 7.20. The van der Waals surface area contributed by atoms with Gasteiger partial charge in [0.2, 0.25) is 0 Å². The standard InChI is InChI=1S/C16H22N2O2S/c1-13-2-4-14(5-3-13)15-12-21-16(18-15)6-7-17-8-10-20-11-9-19/h2-5,12,17,19H,6-11H2,1H3. The van der Waals surface area contributed by atoms with Crippen molar-refractivity contribution in [1.29, 1.82) is 0 Å². The van der Waals surface area contributed by atoms with E-state index in [0.717, 1.165) is 30.2 Å². The van der Waals surface area contributed by atoms with Crippen molar-refractivity contribution in [3.05, 3.63) is 40.2 Å². The topological polar surface area (TPSA) is 54.4 Å². The van der Waals surface area contributed by atoms with Gasteiger partial charge in [0.05, 0.1) is 30.5 Å². The minimum absolute atomic E-state index is 0.0842. The monoisotopic (exact) mass is 306 g/mol. The van der Waals surface area contributed by atoms with Crippen LogP contribution in [0.15, 0.2) is 29.6 Å². The number of aliphatic hydroxyl groups excluding tert-OH is 1. The Morgan fingerprint density at radius 1 is 1.19 bits per heavy atom. The highest BCUT2D eigenvalue weighted by Gasteiger charge is 2.04. The van der Waals surface area contributed by atoms with Crippen molar-refractivity contribution in [3.63, 3.8) is 0 Å². The summed E-state index contributed by atoms with van der Waals surface area (Å²) in [5.74, 6) is 0. The molecular weight excluding hydrogens is 284 g/mol. The van der Waals surface area contributed by atoms with Crippen LogP contribution >= 0.6 is 11.3 Å². The minimum atomic E-state index is 0.0842. The summed E-state index contributed by atoms with van der Waals surface area (Å²) in [7, 11) is 0. The Balaban J connectivity index is 1.72. The highest BCUT2D eigenvalue weighted by atomic mass is 32.1. The highest BCUT2D eigenvalue weighted by Crippen LogP contribution is 2.22. The van der Waals surface area contributed by atoms with Gasteiger partial charge in [-0.25, -0.2) is 4.98 Å². The average Bonchev–Trinajstić information content (AvgIpc) is 2.96. The Morgan fingerprint density at radius 3 is 2.76 bits per heavy atom. The number of benzene rings is 1. The molecule has 0 spiro atoms. The van der Waals surface area contributed by atoms with Crippen molar-refractivity contribution in [2.24, 2.45) is 0 Å². The van der Waals surface area contributed by atoms with Crippen LogP contribution in [0, 0.1) is 6.92 Å². The number of aryl methyl sites for hydroxylation is 1. The van der Waals surface area contributed by atoms with E-state index in [2.05, 4.69) is 46.9 Å². The molecule has 0 saturated carbocycles. The number of hydrogen-bond acceptors (Lipinski definition) is 5. The SMILES string of the molecule is Cc1ccc(-c2csc(CCNCCOCCO)n2)cc1. The van der Waals surface area contributed by atoms with Gasteiger partial charge in [-0.1, -0.05) is 29.8 Å². The highest BCUT2D eigenvalue weighted by molar-refractivity contribution is 7.09. The summed E-state index contributed by atoms with van der Waals surface area (Å²) in [6.45, 7) is 4.91. The number of thiazole rings is 1. The molecule has 4 nitrogen and oxygen atoms in total. The molecule has 0 aliphatic carbocycles. The van der Waals surface area contributed by atoms with Crippen LogP contribution in [0.2, 0.25) is 0 Å². The van der Waals surface area contributed by atoms with E-state index in [9.17, 15) is 0 Å². The van der Waals surface area contributed by atoms with Crippen LogP contribution in [0.4, 0.5) is 0 Å². The van der Waals surface area contributed by atoms with Gasteiger partial charge in [-0.2, -0.15) is 0 Å². The summed E-state index contributed by atoms with van der Waals surface area (Å²) in [5.41, 5.74) is 3.50. The lowest BCUT2D eigenvalue weighted by molar-refractivity contribution is 0.0940. The van der Waals surface area contributed by atoms with Gasteiger partial charge in [0.25, 0.3) is 0 Å². The van der Waals surface area contributed by atoms with Gasteiger partial charge in [0, 0.05) is 30.5 Å². The van der Waals surface area contributed by atoms with Crippen molar-refractivity contribution in [3.8, 4) is 11.3 Å². The smallest absolute Gasteiger partial charge is 0.0945 e. The third-order valence-corrected chi connectivity index (χ3v) is 3.98. The van der Waals surface area contributed by atoms with E-state index < -0.39 is 0 Å². The summed E-state index contributed by atoms with van der Waals surface area (Å²) in [6.07, 6.45) is 0.927. The van der Waals surface area contributed by atoms with Crippen LogP contribution in [-0.4, -0.2) is 43.0 Å². The van der Waals surface area contributed by atoms with Gasteiger partial charge < -0.3 is 15.2 Å². The summed E-state index contributed by atoms with van der Waals surface area (Å²) >= 11 is 1.71. The van der Waals surface area contributed by atoms with E-state index in [-0.39, 0.29) is 6.61 Å².